The van der Waals surface area contributed by atoms with Crippen molar-refractivity contribution in [3.8, 4) is 0 Å². The number of aromatic nitrogens is 1. The molecule has 1 aromatic carbocycles. The SMILES string of the molecule is NNc1ccccc1S(=O)(=O)NCCc1ccccn1. The molecule has 0 saturated heterocycles. The monoisotopic (exact) mass is 292 g/mol. The van der Waals surface area contributed by atoms with E-state index in [-0.39, 0.29) is 11.4 Å². The fraction of sp³-hybridized carbons (Fsp3) is 0.154. The van der Waals surface area contributed by atoms with E-state index >= 15 is 0 Å². The topological polar surface area (TPSA) is 97.1 Å². The standard InChI is InChI=1S/C13H16N4O2S/c14-17-12-6-1-2-7-13(12)20(18,19)16-10-8-11-5-3-4-9-15-11/h1-7,9,16-17H,8,10,14H2. The van der Waals surface area contributed by atoms with Crippen LogP contribution in [-0.2, 0) is 16.4 Å². The zero-order valence-electron chi connectivity index (χ0n) is 10.8. The zero-order chi connectivity index (χ0) is 14.4. The van der Waals surface area contributed by atoms with Gasteiger partial charge in [0.15, 0.2) is 0 Å². The third-order valence-electron chi connectivity index (χ3n) is 2.73. The fourth-order valence-electron chi connectivity index (χ4n) is 1.76. The van der Waals surface area contributed by atoms with E-state index in [1.807, 2.05) is 18.2 Å². The molecule has 2 rings (SSSR count). The molecule has 106 valence electrons. The number of anilines is 1. The van der Waals surface area contributed by atoms with Crippen molar-refractivity contribution in [2.45, 2.75) is 11.3 Å². The molecule has 20 heavy (non-hydrogen) atoms. The molecule has 0 unspecified atom stereocenters. The number of nitrogens with zero attached hydrogens (tertiary/aromatic N) is 1. The Morgan fingerprint density at radius 2 is 1.85 bits per heavy atom. The van der Waals surface area contributed by atoms with Crippen molar-refractivity contribution in [2.24, 2.45) is 5.84 Å². The van der Waals surface area contributed by atoms with Crippen molar-refractivity contribution in [2.75, 3.05) is 12.0 Å². The summed E-state index contributed by atoms with van der Waals surface area (Å²) in [6.07, 6.45) is 2.20. The van der Waals surface area contributed by atoms with Gasteiger partial charge in [-0.2, -0.15) is 0 Å². The maximum absolute atomic E-state index is 12.2. The van der Waals surface area contributed by atoms with E-state index in [2.05, 4.69) is 15.1 Å². The Balaban J connectivity index is 2.04. The number of sulfonamides is 1. The number of hydrogen-bond donors (Lipinski definition) is 3. The summed E-state index contributed by atoms with van der Waals surface area (Å²) in [6.45, 7) is 0.276. The second kappa shape index (κ2) is 6.47. The van der Waals surface area contributed by atoms with Gasteiger partial charge >= 0.3 is 0 Å². The van der Waals surface area contributed by atoms with Crippen LogP contribution in [0.4, 0.5) is 5.69 Å². The molecule has 1 heterocycles. The molecule has 0 saturated carbocycles. The van der Waals surface area contributed by atoms with Gasteiger partial charge in [0, 0.05) is 24.9 Å². The van der Waals surface area contributed by atoms with Crippen molar-refractivity contribution in [3.63, 3.8) is 0 Å². The number of pyridine rings is 1. The number of nitrogens with two attached hydrogens (primary N) is 1. The minimum atomic E-state index is -3.59. The first-order valence-electron chi connectivity index (χ1n) is 6.09. The van der Waals surface area contributed by atoms with Crippen LogP contribution in [0, 0.1) is 0 Å². The summed E-state index contributed by atoms with van der Waals surface area (Å²) in [7, 11) is -3.59. The third kappa shape index (κ3) is 3.53. The molecule has 0 aliphatic carbocycles. The first-order chi connectivity index (χ1) is 9.63. The van der Waals surface area contributed by atoms with Crippen LogP contribution < -0.4 is 16.0 Å². The lowest BCUT2D eigenvalue weighted by molar-refractivity contribution is 0.581. The second-order valence-electron chi connectivity index (χ2n) is 4.11. The van der Waals surface area contributed by atoms with Crippen LogP contribution in [0.3, 0.4) is 0 Å². The molecule has 0 spiro atoms. The summed E-state index contributed by atoms with van der Waals surface area (Å²) in [4.78, 5) is 4.27. The van der Waals surface area contributed by atoms with Crippen molar-refractivity contribution < 1.29 is 8.42 Å². The third-order valence-corrected chi connectivity index (χ3v) is 4.25. The quantitative estimate of drug-likeness (QED) is 0.542. The number of benzene rings is 1. The van der Waals surface area contributed by atoms with Crippen LogP contribution in [-0.4, -0.2) is 19.9 Å². The molecule has 4 N–H and O–H groups in total. The fourth-order valence-corrected chi connectivity index (χ4v) is 2.96. The average molecular weight is 292 g/mol. The van der Waals surface area contributed by atoms with Gasteiger partial charge in [-0.15, -0.1) is 0 Å². The molecule has 0 aliphatic heterocycles. The molecule has 2 aromatic rings. The molecule has 1 aromatic heterocycles. The maximum Gasteiger partial charge on any atom is 0.242 e. The van der Waals surface area contributed by atoms with Crippen LogP contribution in [0.5, 0.6) is 0 Å². The van der Waals surface area contributed by atoms with Gasteiger partial charge in [-0.25, -0.2) is 13.1 Å². The summed E-state index contributed by atoms with van der Waals surface area (Å²) in [6, 6.07) is 12.0. The molecular formula is C13H16N4O2S. The van der Waals surface area contributed by atoms with Crippen molar-refractivity contribution in [1.29, 1.82) is 0 Å². The van der Waals surface area contributed by atoms with Crippen molar-refractivity contribution in [1.82, 2.24) is 9.71 Å². The van der Waals surface area contributed by atoms with Crippen LogP contribution in [0.1, 0.15) is 5.69 Å². The lowest BCUT2D eigenvalue weighted by Crippen LogP contribution is -2.27. The molecule has 0 radical (unpaired) electrons. The van der Waals surface area contributed by atoms with Gasteiger partial charge in [-0.05, 0) is 24.3 Å². The Morgan fingerprint density at radius 3 is 2.55 bits per heavy atom. The largest absolute Gasteiger partial charge is 0.323 e. The highest BCUT2D eigenvalue weighted by Gasteiger charge is 2.17. The maximum atomic E-state index is 12.2. The highest BCUT2D eigenvalue weighted by atomic mass is 32.2. The summed E-state index contributed by atoms with van der Waals surface area (Å²) in [5.41, 5.74) is 3.57. The van der Waals surface area contributed by atoms with E-state index in [1.165, 1.54) is 6.07 Å². The number of para-hydroxylation sites is 1. The van der Waals surface area contributed by atoms with Gasteiger partial charge in [-0.3, -0.25) is 10.8 Å². The predicted octanol–water partition coefficient (Wildman–Crippen LogP) is 0.888. The van der Waals surface area contributed by atoms with E-state index in [4.69, 9.17) is 5.84 Å². The molecule has 0 bridgehead atoms. The minimum absolute atomic E-state index is 0.128. The van der Waals surface area contributed by atoms with E-state index in [1.54, 1.807) is 24.4 Å². The first-order valence-corrected chi connectivity index (χ1v) is 7.57. The normalized spacial score (nSPS) is 11.2. The summed E-state index contributed by atoms with van der Waals surface area (Å²) in [5.74, 6) is 5.31. The molecular weight excluding hydrogens is 276 g/mol. The Hall–Kier alpha value is -1.96. The number of rotatable bonds is 6. The summed E-state index contributed by atoms with van der Waals surface area (Å²) in [5, 5.41) is 0. The lowest BCUT2D eigenvalue weighted by Gasteiger charge is -2.10. The van der Waals surface area contributed by atoms with E-state index < -0.39 is 10.0 Å². The number of nitrogen functional groups attached to an aromatic ring is 1. The van der Waals surface area contributed by atoms with Crippen molar-refractivity contribution >= 4 is 15.7 Å². The second-order valence-corrected chi connectivity index (χ2v) is 5.84. The van der Waals surface area contributed by atoms with Crippen LogP contribution in [0.25, 0.3) is 0 Å². The zero-order valence-corrected chi connectivity index (χ0v) is 11.6. The highest BCUT2D eigenvalue weighted by Crippen LogP contribution is 2.19. The molecule has 0 amide bonds. The molecule has 6 nitrogen and oxygen atoms in total. The van der Waals surface area contributed by atoms with Crippen LogP contribution >= 0.6 is 0 Å². The van der Waals surface area contributed by atoms with E-state index in [0.717, 1.165) is 5.69 Å². The lowest BCUT2D eigenvalue weighted by atomic mass is 10.3. The van der Waals surface area contributed by atoms with Gasteiger partial charge in [0.2, 0.25) is 10.0 Å². The Morgan fingerprint density at radius 1 is 1.10 bits per heavy atom. The molecule has 0 atom stereocenters. The Bertz CT molecular complexity index is 659. The number of hydrazine groups is 1. The van der Waals surface area contributed by atoms with E-state index in [9.17, 15) is 8.42 Å². The highest BCUT2D eigenvalue weighted by molar-refractivity contribution is 7.89. The summed E-state index contributed by atoms with van der Waals surface area (Å²) >= 11 is 0. The number of nitrogens with one attached hydrogen (secondary N) is 2. The van der Waals surface area contributed by atoms with Gasteiger partial charge in [0.1, 0.15) is 4.90 Å². The average Bonchev–Trinajstić information content (AvgIpc) is 2.48. The minimum Gasteiger partial charge on any atom is -0.323 e. The molecule has 7 heteroatoms. The van der Waals surface area contributed by atoms with Gasteiger partial charge in [0.25, 0.3) is 0 Å². The molecule has 0 aliphatic rings. The predicted molar refractivity (Wildman–Crippen MR) is 77.4 cm³/mol. The van der Waals surface area contributed by atoms with Crippen LogP contribution in [0.2, 0.25) is 0 Å². The van der Waals surface area contributed by atoms with Crippen LogP contribution in [0.15, 0.2) is 53.6 Å². The Kier molecular flexibility index (Phi) is 4.67. The smallest absolute Gasteiger partial charge is 0.242 e. The van der Waals surface area contributed by atoms with Gasteiger partial charge in [0.05, 0.1) is 5.69 Å². The van der Waals surface area contributed by atoms with Crippen molar-refractivity contribution in [3.05, 3.63) is 54.4 Å². The van der Waals surface area contributed by atoms with E-state index in [0.29, 0.717) is 12.1 Å². The Labute approximate surface area is 118 Å². The number of hydrogen-bond acceptors (Lipinski definition) is 5. The van der Waals surface area contributed by atoms with Gasteiger partial charge < -0.3 is 5.43 Å². The molecule has 0 fully saturated rings. The van der Waals surface area contributed by atoms with Gasteiger partial charge in [-0.1, -0.05) is 18.2 Å². The summed E-state index contributed by atoms with van der Waals surface area (Å²) < 4.78 is 26.9. The first kappa shape index (κ1) is 14.4.